The number of non-ortho nitro benzene ring substituents is 1. The van der Waals surface area contributed by atoms with Crippen molar-refractivity contribution in [2.75, 3.05) is 34.5 Å². The number of amides is 4. The van der Waals surface area contributed by atoms with Gasteiger partial charge >= 0.3 is 0 Å². The molecule has 7 aromatic carbocycles. The highest BCUT2D eigenvalue weighted by Crippen LogP contribution is 2.52. The predicted octanol–water partition coefficient (Wildman–Crippen LogP) is 10.5. The highest BCUT2D eigenvalue weighted by atomic mass is 16.6. The molecule has 4 amide bonds. The quantitative estimate of drug-likeness (QED) is 0.0975. The third-order valence-electron chi connectivity index (χ3n) is 11.3. The van der Waals surface area contributed by atoms with Gasteiger partial charge in [-0.25, -0.2) is 9.97 Å². The van der Waals surface area contributed by atoms with E-state index in [0.717, 1.165) is 44.8 Å². The molecule has 0 saturated carbocycles. The van der Waals surface area contributed by atoms with E-state index in [-0.39, 0.29) is 34.4 Å². The summed E-state index contributed by atoms with van der Waals surface area (Å²) in [4.78, 5) is 75.3. The molecule has 4 N–H and O–H groups in total. The Morgan fingerprint density at radius 1 is 0.435 bits per heavy atom. The molecule has 0 spiro atoms. The lowest BCUT2D eigenvalue weighted by molar-refractivity contribution is -0.384. The number of fused-ring (bicyclic) bond motifs is 13. The predicted molar refractivity (Wildman–Crippen MR) is 263 cm³/mol. The Balaban J connectivity index is 1.17. The van der Waals surface area contributed by atoms with Crippen molar-refractivity contribution in [1.29, 1.82) is 0 Å². The molecule has 0 aliphatic carbocycles. The normalized spacial score (nSPS) is 13.2. The van der Waals surface area contributed by atoms with Crippen molar-refractivity contribution < 1.29 is 33.6 Å². The molecule has 2 aromatic heterocycles. The maximum atomic E-state index is 14.0. The number of rotatable bonds is 3. The molecular weight excluding hydrogens is 875 g/mol. The van der Waals surface area contributed by atoms with Gasteiger partial charge in [-0.05, 0) is 75.1 Å². The van der Waals surface area contributed by atoms with Crippen LogP contribution in [0.1, 0.15) is 20.7 Å². The van der Waals surface area contributed by atoms with E-state index in [4.69, 9.17) is 9.47 Å². The summed E-state index contributed by atoms with van der Waals surface area (Å²) in [5.41, 5.74) is 3.21. The van der Waals surface area contributed by atoms with E-state index in [9.17, 15) is 29.3 Å². The van der Waals surface area contributed by atoms with Crippen molar-refractivity contribution in [2.45, 2.75) is 0 Å². The fraction of sp³-hybridized carbons (Fsp3) is 0.0370. The minimum Gasteiger partial charge on any atom is -0.482 e. The maximum Gasteiger partial charge on any atom is 0.271 e. The highest BCUT2D eigenvalue weighted by molar-refractivity contribution is 6.15. The van der Waals surface area contributed by atoms with Gasteiger partial charge in [-0.3, -0.25) is 29.3 Å². The molecule has 10 rings (SSSR count). The van der Waals surface area contributed by atoms with Crippen LogP contribution in [0.5, 0.6) is 11.5 Å². The van der Waals surface area contributed by atoms with Gasteiger partial charge in [0, 0.05) is 45.5 Å². The fourth-order valence-corrected chi connectivity index (χ4v) is 8.25. The summed E-state index contributed by atoms with van der Waals surface area (Å²) >= 11 is 0. The molecule has 1 aliphatic heterocycles. The number of aromatic nitrogens is 2. The number of nitrogens with one attached hydrogen (secondary N) is 4. The number of nitro groups is 1. The summed E-state index contributed by atoms with van der Waals surface area (Å²) in [7, 11) is 0. The molecule has 0 radical (unpaired) electrons. The van der Waals surface area contributed by atoms with Crippen LogP contribution in [0.2, 0.25) is 0 Å². The van der Waals surface area contributed by atoms with Crippen molar-refractivity contribution in [1.82, 2.24) is 9.97 Å². The molecule has 0 atom stereocenters. The molecule has 6 bridgehead atoms. The van der Waals surface area contributed by atoms with Gasteiger partial charge in [-0.2, -0.15) is 0 Å². The van der Waals surface area contributed by atoms with E-state index in [1.807, 2.05) is 121 Å². The number of anilines is 4. The molecule has 15 heteroatoms. The number of hydrogen-bond acceptors (Lipinski definition) is 10. The SMILES string of the molecule is O=C1COc2c(-c3ccccc3)cc3ccccc3c2-c2c(c(-c3ccccc3)cc3ccccc23)OCC(=O)Nc2cccc(n2)NC(=O)c2cc(cc([N+](=O)[O-])c2)C(=O)Nc2cccc(n2)N1. The number of pyridine rings is 2. The Bertz CT molecular complexity index is 3310. The monoisotopic (exact) mass is 911 g/mol. The summed E-state index contributed by atoms with van der Waals surface area (Å²) in [5, 5.41) is 26.0. The topological polar surface area (TPSA) is 204 Å². The fourth-order valence-electron chi connectivity index (χ4n) is 8.25. The van der Waals surface area contributed by atoms with Crippen LogP contribution in [0.25, 0.3) is 54.9 Å². The van der Waals surface area contributed by atoms with Crippen LogP contribution in [0.15, 0.2) is 176 Å². The van der Waals surface area contributed by atoms with E-state index in [2.05, 4.69) is 31.2 Å². The third kappa shape index (κ3) is 9.10. The number of nitrogens with zero attached hydrogens (tertiary/aromatic N) is 3. The maximum absolute atomic E-state index is 14.0. The van der Waals surface area contributed by atoms with Crippen molar-refractivity contribution in [3.05, 3.63) is 197 Å². The Kier molecular flexibility index (Phi) is 11.6. The molecule has 0 fully saturated rings. The lowest BCUT2D eigenvalue weighted by atomic mass is 9.86. The minimum atomic E-state index is -0.817. The average Bonchev–Trinajstić information content (AvgIpc) is 3.37. The van der Waals surface area contributed by atoms with E-state index in [1.54, 1.807) is 12.1 Å². The van der Waals surface area contributed by atoms with E-state index >= 15 is 0 Å². The summed E-state index contributed by atoms with van der Waals surface area (Å²) < 4.78 is 13.5. The molecule has 9 aromatic rings. The van der Waals surface area contributed by atoms with Gasteiger partial charge in [0.2, 0.25) is 0 Å². The van der Waals surface area contributed by atoms with Gasteiger partial charge in [0.05, 0.1) is 4.92 Å². The van der Waals surface area contributed by atoms with Crippen LogP contribution >= 0.6 is 0 Å². The highest BCUT2D eigenvalue weighted by Gasteiger charge is 2.27. The van der Waals surface area contributed by atoms with Crippen molar-refractivity contribution in [3.8, 4) is 44.9 Å². The third-order valence-corrected chi connectivity index (χ3v) is 11.3. The molecule has 0 unspecified atom stereocenters. The summed E-state index contributed by atoms with van der Waals surface area (Å²) in [5.74, 6) is -1.94. The lowest BCUT2D eigenvalue weighted by Gasteiger charge is -2.24. The summed E-state index contributed by atoms with van der Waals surface area (Å²) in [6, 6.07) is 51.3. The molecule has 0 saturated heterocycles. The van der Waals surface area contributed by atoms with Crippen molar-refractivity contribution in [2.24, 2.45) is 0 Å². The second-order valence-corrected chi connectivity index (χ2v) is 15.9. The zero-order chi connectivity index (χ0) is 47.4. The first kappa shape index (κ1) is 43.1. The largest absolute Gasteiger partial charge is 0.482 e. The molecule has 3 heterocycles. The van der Waals surface area contributed by atoms with Gasteiger partial charge < -0.3 is 30.7 Å². The molecule has 336 valence electrons. The molecule has 69 heavy (non-hydrogen) atoms. The molecular formula is C54H37N7O8. The van der Waals surface area contributed by atoms with Gasteiger partial charge in [-0.1, -0.05) is 121 Å². The number of hydrogen-bond donors (Lipinski definition) is 4. The standard InChI is InChI=1S/C54H37N7O8/c62-47-30-68-51-41(32-13-3-1-4-14-32)28-34-17-7-9-19-39(34)49(51)50-40-20-10-8-18-35(40)29-42(33-15-5-2-6-16-33)52(50)69-31-48(63)58-44-22-12-24-46(56-44)60-54(65)37-25-36(26-38(27-37)61(66)67)53(64)59-45-23-11-21-43(55-45)57-47/h1-29H,30-31H2,(H2,55,57,59,62,64)(H2,56,58,60,63,65). The van der Waals surface area contributed by atoms with Crippen LogP contribution in [-0.2, 0) is 9.59 Å². The Labute approximate surface area is 392 Å². The summed E-state index contributed by atoms with van der Waals surface area (Å²) in [6.07, 6.45) is 0. The van der Waals surface area contributed by atoms with Gasteiger partial charge in [0.25, 0.3) is 29.3 Å². The van der Waals surface area contributed by atoms with Crippen molar-refractivity contribution >= 4 is 74.1 Å². The van der Waals surface area contributed by atoms with Gasteiger partial charge in [-0.15, -0.1) is 0 Å². The van der Waals surface area contributed by atoms with Crippen LogP contribution in [0.4, 0.5) is 29.0 Å². The number of carbonyl (C=O) groups excluding carboxylic acids is 4. The number of carbonyl (C=O) groups is 4. The number of benzene rings is 7. The Morgan fingerprint density at radius 3 is 1.25 bits per heavy atom. The van der Waals surface area contributed by atoms with Gasteiger partial charge in [0.1, 0.15) is 34.8 Å². The van der Waals surface area contributed by atoms with Crippen LogP contribution < -0.4 is 30.7 Å². The second-order valence-electron chi connectivity index (χ2n) is 15.9. The first-order valence-corrected chi connectivity index (χ1v) is 21.6. The number of nitro benzene ring substituents is 1. The lowest BCUT2D eigenvalue weighted by Crippen LogP contribution is -2.22. The average molecular weight is 912 g/mol. The first-order chi connectivity index (χ1) is 33.6. The van der Waals surface area contributed by atoms with E-state index in [0.29, 0.717) is 33.8 Å². The molecule has 15 nitrogen and oxygen atoms in total. The number of ether oxygens (including phenoxy) is 2. The first-order valence-electron chi connectivity index (χ1n) is 21.6. The van der Waals surface area contributed by atoms with E-state index in [1.165, 1.54) is 30.3 Å². The zero-order valence-electron chi connectivity index (χ0n) is 36.3. The van der Waals surface area contributed by atoms with Crippen LogP contribution in [0.3, 0.4) is 0 Å². The van der Waals surface area contributed by atoms with E-state index < -0.39 is 47.5 Å². The molecule has 1 aliphatic rings. The second kappa shape index (κ2) is 18.6. The van der Waals surface area contributed by atoms with Crippen LogP contribution in [-0.4, -0.2) is 51.7 Å². The van der Waals surface area contributed by atoms with Gasteiger partial charge in [0.15, 0.2) is 13.2 Å². The Morgan fingerprint density at radius 2 is 0.826 bits per heavy atom. The Hall–Kier alpha value is -9.76. The zero-order valence-corrected chi connectivity index (χ0v) is 36.3. The van der Waals surface area contributed by atoms with Crippen molar-refractivity contribution in [3.63, 3.8) is 0 Å². The van der Waals surface area contributed by atoms with Crippen LogP contribution in [0, 0.1) is 10.1 Å². The summed E-state index contributed by atoms with van der Waals surface area (Å²) in [6.45, 7) is -0.994. The minimum absolute atomic E-state index is 0.00527. The smallest absolute Gasteiger partial charge is 0.271 e.